The number of carbonyl (C=O) groups is 1. The Kier molecular flexibility index (Phi) is 2.48. The SMILES string of the molecule is C/C(=C\C1[C@H](C(=O)O)C1(C)C)CO. The summed E-state index contributed by atoms with van der Waals surface area (Å²) < 4.78 is 0. The van der Waals surface area contributed by atoms with Crippen molar-refractivity contribution in [2.24, 2.45) is 17.3 Å². The van der Waals surface area contributed by atoms with Crippen molar-refractivity contribution >= 4 is 5.97 Å². The van der Waals surface area contributed by atoms with E-state index in [4.69, 9.17) is 10.2 Å². The minimum atomic E-state index is -0.739. The fourth-order valence-corrected chi connectivity index (χ4v) is 1.82. The molecular formula is C10H16O3. The van der Waals surface area contributed by atoms with Crippen LogP contribution in [0.25, 0.3) is 0 Å². The molecule has 2 atom stereocenters. The second-order valence-electron chi connectivity index (χ2n) is 4.33. The number of aliphatic hydroxyl groups excluding tert-OH is 1. The highest BCUT2D eigenvalue weighted by Gasteiger charge is 2.60. The third-order valence-corrected chi connectivity index (χ3v) is 2.89. The molecule has 0 aliphatic heterocycles. The molecule has 1 fully saturated rings. The molecule has 0 aromatic carbocycles. The summed E-state index contributed by atoms with van der Waals surface area (Å²) in [4.78, 5) is 10.8. The zero-order valence-corrected chi connectivity index (χ0v) is 8.24. The van der Waals surface area contributed by atoms with Crippen molar-refractivity contribution < 1.29 is 15.0 Å². The van der Waals surface area contributed by atoms with Crippen molar-refractivity contribution in [2.75, 3.05) is 6.61 Å². The van der Waals surface area contributed by atoms with Gasteiger partial charge < -0.3 is 10.2 Å². The number of aliphatic hydroxyl groups is 1. The molecule has 0 amide bonds. The maximum Gasteiger partial charge on any atom is 0.307 e. The van der Waals surface area contributed by atoms with Crippen molar-refractivity contribution in [3.8, 4) is 0 Å². The average molecular weight is 184 g/mol. The second kappa shape index (κ2) is 3.14. The Morgan fingerprint density at radius 1 is 1.54 bits per heavy atom. The lowest BCUT2D eigenvalue weighted by molar-refractivity contribution is -0.139. The van der Waals surface area contributed by atoms with Crippen LogP contribution < -0.4 is 0 Å². The molecule has 0 aromatic rings. The Bertz CT molecular complexity index is 253. The van der Waals surface area contributed by atoms with Gasteiger partial charge in [0.05, 0.1) is 12.5 Å². The summed E-state index contributed by atoms with van der Waals surface area (Å²) in [7, 11) is 0. The van der Waals surface area contributed by atoms with E-state index in [1.54, 1.807) is 0 Å². The molecule has 0 saturated heterocycles. The minimum absolute atomic E-state index is 0.0128. The molecule has 1 rings (SSSR count). The van der Waals surface area contributed by atoms with Gasteiger partial charge in [0.1, 0.15) is 0 Å². The summed E-state index contributed by atoms with van der Waals surface area (Å²) in [5, 5.41) is 17.6. The van der Waals surface area contributed by atoms with E-state index in [1.807, 2.05) is 26.8 Å². The number of rotatable bonds is 3. The Hall–Kier alpha value is -0.830. The fraction of sp³-hybridized carbons (Fsp3) is 0.700. The van der Waals surface area contributed by atoms with Gasteiger partial charge in [0.2, 0.25) is 0 Å². The van der Waals surface area contributed by atoms with Crippen LogP contribution in [0.15, 0.2) is 11.6 Å². The third kappa shape index (κ3) is 1.75. The zero-order chi connectivity index (χ0) is 10.2. The lowest BCUT2D eigenvalue weighted by atomic mass is 10.1. The third-order valence-electron chi connectivity index (χ3n) is 2.89. The number of carboxylic acid groups (broad SMARTS) is 1. The van der Waals surface area contributed by atoms with Crippen LogP contribution in [0.1, 0.15) is 20.8 Å². The standard InChI is InChI=1S/C10H16O3/c1-6(5-11)4-7-8(9(12)13)10(7,2)3/h4,7-8,11H,5H2,1-3H3,(H,12,13)/b6-4+/t7?,8-/m1/s1. The van der Waals surface area contributed by atoms with Crippen LogP contribution in [0.5, 0.6) is 0 Å². The number of hydrogen-bond donors (Lipinski definition) is 2. The Morgan fingerprint density at radius 2 is 2.08 bits per heavy atom. The second-order valence-corrected chi connectivity index (χ2v) is 4.33. The van der Waals surface area contributed by atoms with E-state index in [2.05, 4.69) is 0 Å². The molecule has 0 spiro atoms. The van der Waals surface area contributed by atoms with Gasteiger partial charge in [-0.05, 0) is 18.3 Å². The summed E-state index contributed by atoms with van der Waals surface area (Å²) in [6.45, 7) is 5.71. The van der Waals surface area contributed by atoms with Crippen LogP contribution >= 0.6 is 0 Å². The van der Waals surface area contributed by atoms with Gasteiger partial charge in [0, 0.05) is 0 Å². The van der Waals surface area contributed by atoms with Gasteiger partial charge >= 0.3 is 5.97 Å². The molecule has 3 heteroatoms. The van der Waals surface area contributed by atoms with Gasteiger partial charge in [0.15, 0.2) is 0 Å². The van der Waals surface area contributed by atoms with E-state index in [-0.39, 0.29) is 23.9 Å². The molecule has 1 saturated carbocycles. The Balaban J connectivity index is 2.71. The Morgan fingerprint density at radius 3 is 2.38 bits per heavy atom. The van der Waals surface area contributed by atoms with Gasteiger partial charge in [-0.1, -0.05) is 25.5 Å². The van der Waals surface area contributed by atoms with E-state index in [1.165, 1.54) is 0 Å². The molecule has 0 bridgehead atoms. The predicted octanol–water partition coefficient (Wildman–Crippen LogP) is 1.28. The number of hydrogen-bond acceptors (Lipinski definition) is 2. The van der Waals surface area contributed by atoms with Crippen molar-refractivity contribution in [2.45, 2.75) is 20.8 Å². The van der Waals surface area contributed by atoms with Gasteiger partial charge in [-0.25, -0.2) is 0 Å². The van der Waals surface area contributed by atoms with E-state index >= 15 is 0 Å². The van der Waals surface area contributed by atoms with Crippen LogP contribution in [-0.2, 0) is 4.79 Å². The quantitative estimate of drug-likeness (QED) is 0.650. The molecule has 0 aromatic heterocycles. The molecule has 3 nitrogen and oxygen atoms in total. The van der Waals surface area contributed by atoms with Crippen LogP contribution in [0, 0.1) is 17.3 Å². The van der Waals surface area contributed by atoms with Crippen molar-refractivity contribution in [1.82, 2.24) is 0 Å². The van der Waals surface area contributed by atoms with Crippen molar-refractivity contribution in [3.63, 3.8) is 0 Å². The van der Waals surface area contributed by atoms with Crippen LogP contribution in [0.4, 0.5) is 0 Å². The highest BCUT2D eigenvalue weighted by Crippen LogP contribution is 2.59. The molecule has 13 heavy (non-hydrogen) atoms. The smallest absolute Gasteiger partial charge is 0.307 e. The largest absolute Gasteiger partial charge is 0.481 e. The summed E-state index contributed by atoms with van der Waals surface area (Å²) in [5.74, 6) is -0.942. The van der Waals surface area contributed by atoms with Crippen LogP contribution in [-0.4, -0.2) is 22.8 Å². The molecule has 74 valence electrons. The van der Waals surface area contributed by atoms with Gasteiger partial charge in [0.25, 0.3) is 0 Å². The number of carboxylic acids is 1. The lowest BCUT2D eigenvalue weighted by Gasteiger charge is -1.98. The highest BCUT2D eigenvalue weighted by molar-refractivity contribution is 5.76. The first kappa shape index (κ1) is 10.3. The summed E-state index contributed by atoms with van der Waals surface area (Å²) in [5.41, 5.74) is 0.698. The number of aliphatic carboxylic acids is 1. The van der Waals surface area contributed by atoms with E-state index in [9.17, 15) is 4.79 Å². The predicted molar refractivity (Wildman–Crippen MR) is 49.2 cm³/mol. The van der Waals surface area contributed by atoms with E-state index in [0.717, 1.165) is 5.57 Å². The maximum absolute atomic E-state index is 10.8. The summed E-state index contributed by atoms with van der Waals surface area (Å²) in [6.07, 6.45) is 1.87. The molecule has 1 aliphatic carbocycles. The molecule has 0 heterocycles. The minimum Gasteiger partial charge on any atom is -0.481 e. The fourth-order valence-electron chi connectivity index (χ4n) is 1.82. The summed E-state index contributed by atoms with van der Waals surface area (Å²) in [6, 6.07) is 0. The molecular weight excluding hydrogens is 168 g/mol. The normalized spacial score (nSPS) is 31.5. The van der Waals surface area contributed by atoms with Crippen LogP contribution in [0.3, 0.4) is 0 Å². The van der Waals surface area contributed by atoms with Crippen molar-refractivity contribution in [3.05, 3.63) is 11.6 Å². The first-order chi connectivity index (χ1) is 5.91. The molecule has 1 aliphatic rings. The number of allylic oxidation sites excluding steroid dienone is 1. The van der Waals surface area contributed by atoms with Crippen LogP contribution in [0.2, 0.25) is 0 Å². The van der Waals surface area contributed by atoms with Gasteiger partial charge in [-0.3, -0.25) is 4.79 Å². The van der Waals surface area contributed by atoms with Gasteiger partial charge in [-0.2, -0.15) is 0 Å². The maximum atomic E-state index is 10.8. The molecule has 1 unspecified atom stereocenters. The Labute approximate surface area is 78.1 Å². The molecule has 0 radical (unpaired) electrons. The first-order valence-corrected chi connectivity index (χ1v) is 4.42. The summed E-state index contributed by atoms with van der Waals surface area (Å²) >= 11 is 0. The first-order valence-electron chi connectivity index (χ1n) is 4.42. The zero-order valence-electron chi connectivity index (χ0n) is 8.24. The lowest BCUT2D eigenvalue weighted by Crippen LogP contribution is -2.03. The van der Waals surface area contributed by atoms with E-state index < -0.39 is 5.97 Å². The topological polar surface area (TPSA) is 57.5 Å². The van der Waals surface area contributed by atoms with Crippen molar-refractivity contribution in [1.29, 1.82) is 0 Å². The monoisotopic (exact) mass is 184 g/mol. The molecule has 2 N–H and O–H groups in total. The van der Waals surface area contributed by atoms with Gasteiger partial charge in [-0.15, -0.1) is 0 Å². The van der Waals surface area contributed by atoms with E-state index in [0.29, 0.717) is 0 Å². The average Bonchev–Trinajstić information content (AvgIpc) is 2.53. The highest BCUT2D eigenvalue weighted by atomic mass is 16.4.